The zero-order valence-corrected chi connectivity index (χ0v) is 45.6. The van der Waals surface area contributed by atoms with Gasteiger partial charge in [-0.1, -0.05) is 95.6 Å². The van der Waals surface area contributed by atoms with E-state index in [1.54, 1.807) is 27.7 Å². The smallest absolute Gasteiger partial charge is 0.185 e. The standard InChI is InChI=1S/C60H54N4O8S4/c1-37(65)73-33-29-69-45-13-5-41(6-14-45)57-49-21-23-51(61-49)58(42-7-15-46(16-8-42)70-30-34-74-38(2)66)53-25-27-55(63-53)60(44-11-19-48(20-12-44)72-32-36-76-40(4)68)56-28-26-54(64-56)59(52-24-22-50(57)62-52)43-9-17-47(18-10-43)71-31-35-75-39(3)67/h5-28,61,64H,29-36H2,1-4H3. The highest BCUT2D eigenvalue weighted by Gasteiger charge is 2.20. The van der Waals surface area contributed by atoms with Crippen LogP contribution in [0.3, 0.4) is 0 Å². The van der Waals surface area contributed by atoms with Crippen molar-refractivity contribution in [1.82, 2.24) is 19.9 Å². The molecule has 2 aliphatic rings. The summed E-state index contributed by atoms with van der Waals surface area (Å²) in [5.41, 5.74) is 13.4. The van der Waals surface area contributed by atoms with E-state index in [-0.39, 0.29) is 20.5 Å². The number of H-pyrrole nitrogens is 2. The van der Waals surface area contributed by atoms with Crippen molar-refractivity contribution in [1.29, 1.82) is 0 Å². The quantitative estimate of drug-likeness (QED) is 0.0693. The van der Waals surface area contributed by atoms with E-state index in [2.05, 4.69) is 34.2 Å². The van der Waals surface area contributed by atoms with E-state index in [4.69, 9.17) is 28.9 Å². The van der Waals surface area contributed by atoms with E-state index in [1.165, 1.54) is 47.0 Å². The molecule has 0 radical (unpaired) electrons. The van der Waals surface area contributed by atoms with Gasteiger partial charge in [-0.15, -0.1) is 0 Å². The fourth-order valence-corrected chi connectivity index (χ4v) is 10.5. The molecule has 0 amide bonds. The molecule has 16 heteroatoms. The SMILES string of the molecule is CC(=O)SCCOc1ccc(-c2c3nc(c(-c4ccc(OCCSC(C)=O)cc4)c4ccc([nH]4)c(-c4ccc(OCCSC(C)=O)cc4)c4nc(c(-c5ccc(OCCSC(C)=O)cc5)c5ccc2[nH]5)C=C4)C=C3)cc1. The fourth-order valence-electron chi connectivity index (χ4n) is 8.67. The van der Waals surface area contributed by atoms with Gasteiger partial charge in [0.1, 0.15) is 23.0 Å². The molecule has 0 saturated carbocycles. The summed E-state index contributed by atoms with van der Waals surface area (Å²) in [6, 6.07) is 40.0. The second kappa shape index (κ2) is 25.5. The van der Waals surface area contributed by atoms with Crippen LogP contribution in [0.1, 0.15) is 50.5 Å². The minimum absolute atomic E-state index is 0.0506. The van der Waals surface area contributed by atoms with Gasteiger partial charge in [0.25, 0.3) is 0 Å². The number of ether oxygens (including phenoxy) is 4. The molecule has 0 unspecified atom stereocenters. The van der Waals surface area contributed by atoms with Crippen LogP contribution < -0.4 is 18.9 Å². The number of aromatic nitrogens is 4. The third-order valence-corrected chi connectivity index (χ3v) is 15.1. The largest absolute Gasteiger partial charge is 0.493 e. The van der Waals surface area contributed by atoms with Crippen LogP contribution in [0.25, 0.3) is 90.9 Å². The van der Waals surface area contributed by atoms with Gasteiger partial charge in [0, 0.05) is 95.0 Å². The van der Waals surface area contributed by atoms with Gasteiger partial charge in [-0.3, -0.25) is 19.2 Å². The van der Waals surface area contributed by atoms with E-state index >= 15 is 0 Å². The predicted octanol–water partition coefficient (Wildman–Crippen LogP) is 14.0. The maximum absolute atomic E-state index is 11.6. The number of rotatable bonds is 20. The molecule has 4 aromatic carbocycles. The molecule has 7 aromatic rings. The van der Waals surface area contributed by atoms with Gasteiger partial charge in [0.05, 0.1) is 49.2 Å². The van der Waals surface area contributed by atoms with Crippen molar-refractivity contribution in [2.75, 3.05) is 49.4 Å². The van der Waals surface area contributed by atoms with E-state index < -0.39 is 0 Å². The molecule has 5 heterocycles. The van der Waals surface area contributed by atoms with Crippen LogP contribution in [0.5, 0.6) is 23.0 Å². The number of carbonyl (C=O) groups is 4. The molecule has 76 heavy (non-hydrogen) atoms. The predicted molar refractivity (Wildman–Crippen MR) is 315 cm³/mol. The lowest BCUT2D eigenvalue weighted by Gasteiger charge is -2.10. The normalized spacial score (nSPS) is 11.6. The number of nitrogens with zero attached hydrogens (tertiary/aromatic N) is 2. The molecule has 0 spiro atoms. The Morgan fingerprint density at radius 2 is 0.553 bits per heavy atom. The van der Waals surface area contributed by atoms with Crippen LogP contribution in [0.2, 0.25) is 0 Å². The minimum Gasteiger partial charge on any atom is -0.493 e. The number of carbonyl (C=O) groups excluding carboxylic acids is 4. The maximum atomic E-state index is 11.6. The van der Waals surface area contributed by atoms with Crippen LogP contribution in [0.4, 0.5) is 0 Å². The number of benzene rings is 4. The lowest BCUT2D eigenvalue weighted by Crippen LogP contribution is -2.01. The number of nitrogens with one attached hydrogen (secondary N) is 2. The molecule has 8 bridgehead atoms. The van der Waals surface area contributed by atoms with Crippen molar-refractivity contribution in [3.05, 3.63) is 144 Å². The summed E-state index contributed by atoms with van der Waals surface area (Å²) in [5.74, 6) is 4.96. The van der Waals surface area contributed by atoms with Gasteiger partial charge in [-0.2, -0.15) is 0 Å². The van der Waals surface area contributed by atoms with Crippen LogP contribution in [-0.4, -0.2) is 89.8 Å². The second-order valence-corrected chi connectivity index (χ2v) is 22.4. The fraction of sp³-hybridized carbons (Fsp3) is 0.200. The summed E-state index contributed by atoms with van der Waals surface area (Å²) in [4.78, 5) is 64.7. The Labute approximate surface area is 457 Å². The zero-order valence-electron chi connectivity index (χ0n) is 42.3. The first-order valence-electron chi connectivity index (χ1n) is 24.6. The number of thioether (sulfide) groups is 4. The highest BCUT2D eigenvalue weighted by atomic mass is 32.2. The van der Waals surface area contributed by atoms with E-state index in [1.807, 2.05) is 121 Å². The van der Waals surface area contributed by atoms with E-state index in [9.17, 15) is 19.2 Å². The van der Waals surface area contributed by atoms with Crippen LogP contribution in [0, 0.1) is 0 Å². The number of hydrogen-bond acceptors (Lipinski definition) is 14. The van der Waals surface area contributed by atoms with Gasteiger partial charge >= 0.3 is 0 Å². The molecule has 386 valence electrons. The Hall–Kier alpha value is -7.24. The first-order valence-corrected chi connectivity index (χ1v) is 28.5. The second-order valence-electron chi connectivity index (χ2n) is 17.4. The minimum atomic E-state index is 0.0506. The molecular formula is C60H54N4O8S4. The summed E-state index contributed by atoms with van der Waals surface area (Å²) in [6.07, 6.45) is 8.18. The molecule has 0 fully saturated rings. The monoisotopic (exact) mass is 1090 g/mol. The van der Waals surface area contributed by atoms with Crippen LogP contribution in [0.15, 0.2) is 121 Å². The van der Waals surface area contributed by atoms with Gasteiger partial charge in [-0.25, -0.2) is 9.97 Å². The lowest BCUT2D eigenvalue weighted by atomic mass is 10.0. The first-order chi connectivity index (χ1) is 36.9. The average molecular weight is 1090 g/mol. The van der Waals surface area contributed by atoms with Crippen molar-refractivity contribution < 1.29 is 38.1 Å². The first kappa shape index (κ1) is 53.6. The van der Waals surface area contributed by atoms with Gasteiger partial charge < -0.3 is 28.9 Å². The molecule has 0 saturated heterocycles. The Kier molecular flexibility index (Phi) is 18.0. The number of aromatic amines is 2. The summed E-state index contributed by atoms with van der Waals surface area (Å²) in [7, 11) is 0. The van der Waals surface area contributed by atoms with Gasteiger partial charge in [0.2, 0.25) is 0 Å². The summed E-state index contributed by atoms with van der Waals surface area (Å²) in [5, 5.41) is 0.202. The van der Waals surface area contributed by atoms with Crippen LogP contribution >= 0.6 is 47.0 Å². The molecular weight excluding hydrogens is 1030 g/mol. The van der Waals surface area contributed by atoms with Gasteiger partial charge in [0.15, 0.2) is 20.5 Å². The van der Waals surface area contributed by atoms with Crippen LogP contribution in [-0.2, 0) is 19.2 Å². The molecule has 12 nitrogen and oxygen atoms in total. The van der Waals surface area contributed by atoms with Crippen molar-refractivity contribution in [3.8, 4) is 67.5 Å². The Morgan fingerprint density at radius 1 is 0.342 bits per heavy atom. The van der Waals surface area contributed by atoms with Gasteiger partial charge in [-0.05, 0) is 119 Å². The highest BCUT2D eigenvalue weighted by Crippen LogP contribution is 2.40. The van der Waals surface area contributed by atoms with Crippen molar-refractivity contribution in [2.24, 2.45) is 0 Å². The topological polar surface area (TPSA) is 163 Å². The molecule has 2 aliphatic heterocycles. The summed E-state index contributed by atoms with van der Waals surface area (Å²) in [6.45, 7) is 7.79. The number of hydrogen-bond donors (Lipinski definition) is 2. The van der Waals surface area contributed by atoms with E-state index in [0.717, 1.165) is 89.4 Å². The van der Waals surface area contributed by atoms with Crippen molar-refractivity contribution >= 4 is 114 Å². The summed E-state index contributed by atoms with van der Waals surface area (Å²) < 4.78 is 24.1. The van der Waals surface area contributed by atoms with E-state index in [0.29, 0.717) is 72.4 Å². The average Bonchev–Trinajstić information content (AvgIpc) is 4.30. The molecule has 3 aromatic heterocycles. The molecule has 9 rings (SSSR count). The third-order valence-electron chi connectivity index (χ3n) is 12.0. The Bertz CT molecular complexity index is 3040. The molecule has 0 atom stereocenters. The maximum Gasteiger partial charge on any atom is 0.185 e. The summed E-state index contributed by atoms with van der Waals surface area (Å²) >= 11 is 4.94. The van der Waals surface area contributed by atoms with Crippen molar-refractivity contribution in [3.63, 3.8) is 0 Å². The lowest BCUT2D eigenvalue weighted by molar-refractivity contribution is -0.109. The Morgan fingerprint density at radius 3 is 0.750 bits per heavy atom. The highest BCUT2D eigenvalue weighted by molar-refractivity contribution is 8.14. The molecule has 2 N–H and O–H groups in total. The third kappa shape index (κ3) is 13.8. The Balaban J connectivity index is 1.25. The zero-order chi connectivity index (χ0) is 53.0. The number of fused-ring (bicyclic) bond motifs is 8. The molecule has 0 aliphatic carbocycles. The van der Waals surface area contributed by atoms with Crippen molar-refractivity contribution in [2.45, 2.75) is 27.7 Å².